The number of nitrogens with one attached hydrogen (secondary N) is 1. The molecule has 4 atom stereocenters. The number of carbonyl (C=O) groups excluding carboxylic acids is 1. The van der Waals surface area contributed by atoms with Gasteiger partial charge in [0.05, 0.1) is 19.3 Å². The fourth-order valence-corrected chi connectivity index (χ4v) is 4.28. The number of carbonyl (C=O) groups is 1. The molecule has 170 valence electrons. The molecule has 0 radical (unpaired) electrons. The number of amides is 1. The van der Waals surface area contributed by atoms with E-state index < -0.39 is 0 Å². The summed E-state index contributed by atoms with van der Waals surface area (Å²) in [5.41, 5.74) is 1.69. The summed E-state index contributed by atoms with van der Waals surface area (Å²) in [7, 11) is 0. The molecule has 0 bridgehead atoms. The summed E-state index contributed by atoms with van der Waals surface area (Å²) in [6, 6.07) is 12.3. The van der Waals surface area contributed by atoms with Crippen LogP contribution < -0.4 is 19.5 Å². The number of benzene rings is 2. The third-order valence-corrected chi connectivity index (χ3v) is 5.99. The van der Waals surface area contributed by atoms with Crippen molar-refractivity contribution in [2.45, 2.75) is 31.2 Å². The van der Waals surface area contributed by atoms with Crippen LogP contribution in [0.5, 0.6) is 23.3 Å². The Morgan fingerprint density at radius 2 is 1.88 bits per heavy atom. The maximum absolute atomic E-state index is 12.6. The molecule has 4 unspecified atom stereocenters. The van der Waals surface area contributed by atoms with Crippen LogP contribution in [-0.4, -0.2) is 64.4 Å². The van der Waals surface area contributed by atoms with Crippen molar-refractivity contribution in [2.75, 3.05) is 20.0 Å². The fraction of sp³-hybridized carbons (Fsp3) is 0.364. The normalized spacial score (nSPS) is 25.1. The fourth-order valence-electron chi connectivity index (χ4n) is 4.28. The minimum Gasteiger partial charge on any atom is -0.454 e. The lowest BCUT2D eigenvalue weighted by Gasteiger charge is -2.18. The molecule has 3 aliphatic rings. The molecule has 33 heavy (non-hydrogen) atoms. The average Bonchev–Trinajstić information content (AvgIpc) is 3.60. The Morgan fingerprint density at radius 1 is 1.06 bits per heavy atom. The third kappa shape index (κ3) is 3.64. The van der Waals surface area contributed by atoms with E-state index in [1.165, 1.54) is 0 Å². The molecule has 0 saturated carbocycles. The highest BCUT2D eigenvalue weighted by Gasteiger charge is 2.50. The molecule has 3 aliphatic heterocycles. The van der Waals surface area contributed by atoms with Gasteiger partial charge in [-0.2, -0.15) is 4.68 Å². The number of fused-ring (bicyclic) bond motifs is 2. The molecule has 1 amide bonds. The van der Waals surface area contributed by atoms with Crippen molar-refractivity contribution >= 4 is 5.91 Å². The Hall–Kier alpha value is -3.70. The van der Waals surface area contributed by atoms with E-state index in [4.69, 9.17) is 23.7 Å². The van der Waals surface area contributed by atoms with Crippen LogP contribution in [0.4, 0.5) is 0 Å². The lowest BCUT2D eigenvalue weighted by Crippen LogP contribution is -2.44. The first-order valence-corrected chi connectivity index (χ1v) is 10.6. The number of ether oxygens (including phenoxy) is 5. The highest BCUT2D eigenvalue weighted by molar-refractivity contribution is 5.94. The predicted molar refractivity (Wildman–Crippen MR) is 111 cm³/mol. The zero-order valence-corrected chi connectivity index (χ0v) is 17.7. The minimum atomic E-state index is -0.323. The van der Waals surface area contributed by atoms with Gasteiger partial charge in [0, 0.05) is 11.6 Å². The molecule has 2 fully saturated rings. The first kappa shape index (κ1) is 19.9. The Balaban J connectivity index is 1.15. The first-order valence-electron chi connectivity index (χ1n) is 10.6. The second-order valence-electron chi connectivity index (χ2n) is 8.13. The van der Waals surface area contributed by atoms with Crippen LogP contribution in [0.25, 0.3) is 0 Å². The maximum Gasteiger partial charge on any atom is 0.341 e. The standard InChI is InChI=1S/C22H21N5O6/c1-12-2-4-13(5-3-12)21(28)23-15-9-29-20-16(10-30-19(15)20)27-22(24-25-26-27)33-14-6-7-17-18(8-14)32-11-31-17/h2-8,15-16,19-20H,9-11H2,1H3,(H,23,28). The molecule has 1 N–H and O–H groups in total. The highest BCUT2D eigenvalue weighted by Crippen LogP contribution is 2.38. The van der Waals surface area contributed by atoms with Crippen molar-refractivity contribution in [3.05, 3.63) is 53.6 Å². The van der Waals surface area contributed by atoms with Gasteiger partial charge in [-0.1, -0.05) is 22.8 Å². The molecule has 6 rings (SSSR count). The Labute approximate surface area is 188 Å². The van der Waals surface area contributed by atoms with Crippen LogP contribution in [0.3, 0.4) is 0 Å². The number of aryl methyl sites for hydroxylation is 1. The quantitative estimate of drug-likeness (QED) is 0.617. The molecule has 11 nitrogen and oxygen atoms in total. The van der Waals surface area contributed by atoms with E-state index in [1.54, 1.807) is 35.0 Å². The zero-order chi connectivity index (χ0) is 22.4. The van der Waals surface area contributed by atoms with Crippen molar-refractivity contribution in [2.24, 2.45) is 0 Å². The monoisotopic (exact) mass is 451 g/mol. The van der Waals surface area contributed by atoms with E-state index in [1.807, 2.05) is 19.1 Å². The molecule has 11 heteroatoms. The summed E-state index contributed by atoms with van der Waals surface area (Å²) in [4.78, 5) is 12.6. The summed E-state index contributed by atoms with van der Waals surface area (Å²) < 4.78 is 30.2. The molecule has 2 aromatic carbocycles. The average molecular weight is 451 g/mol. The zero-order valence-electron chi connectivity index (χ0n) is 17.7. The van der Waals surface area contributed by atoms with Crippen LogP contribution in [0.1, 0.15) is 22.0 Å². The van der Waals surface area contributed by atoms with Gasteiger partial charge in [0.15, 0.2) is 11.5 Å². The minimum absolute atomic E-state index is 0.162. The van der Waals surface area contributed by atoms with Gasteiger partial charge in [-0.15, -0.1) is 0 Å². The topological polar surface area (TPSA) is 119 Å². The summed E-state index contributed by atoms with van der Waals surface area (Å²) in [5.74, 6) is 1.61. The van der Waals surface area contributed by atoms with Crippen LogP contribution >= 0.6 is 0 Å². The van der Waals surface area contributed by atoms with E-state index in [0.29, 0.717) is 36.0 Å². The lowest BCUT2D eigenvalue weighted by molar-refractivity contribution is 0.0606. The number of hydrogen-bond acceptors (Lipinski definition) is 9. The van der Waals surface area contributed by atoms with Gasteiger partial charge < -0.3 is 29.0 Å². The predicted octanol–water partition coefficient (Wildman–Crippen LogP) is 1.64. The molecule has 0 spiro atoms. The maximum atomic E-state index is 12.6. The second-order valence-corrected chi connectivity index (χ2v) is 8.13. The Morgan fingerprint density at radius 3 is 2.76 bits per heavy atom. The van der Waals surface area contributed by atoms with Crippen molar-refractivity contribution in [3.63, 3.8) is 0 Å². The Bertz CT molecular complexity index is 1180. The van der Waals surface area contributed by atoms with Gasteiger partial charge in [0.1, 0.15) is 24.0 Å². The van der Waals surface area contributed by atoms with E-state index in [-0.39, 0.29) is 43.0 Å². The molecule has 3 aromatic rings. The van der Waals surface area contributed by atoms with E-state index in [9.17, 15) is 4.79 Å². The van der Waals surface area contributed by atoms with Gasteiger partial charge in [-0.05, 0) is 41.6 Å². The van der Waals surface area contributed by atoms with Gasteiger partial charge in [-0.25, -0.2) is 0 Å². The van der Waals surface area contributed by atoms with Crippen molar-refractivity contribution < 1.29 is 28.5 Å². The van der Waals surface area contributed by atoms with Crippen LogP contribution in [-0.2, 0) is 9.47 Å². The Kier molecular flexibility index (Phi) is 4.84. The highest BCUT2D eigenvalue weighted by atomic mass is 16.7. The molecule has 4 heterocycles. The summed E-state index contributed by atoms with van der Waals surface area (Å²) in [5, 5.41) is 14.9. The van der Waals surface area contributed by atoms with Crippen molar-refractivity contribution in [1.82, 2.24) is 25.5 Å². The van der Waals surface area contributed by atoms with Crippen LogP contribution in [0.15, 0.2) is 42.5 Å². The number of tetrazole rings is 1. The molecular formula is C22H21N5O6. The van der Waals surface area contributed by atoms with Gasteiger partial charge >= 0.3 is 6.01 Å². The largest absolute Gasteiger partial charge is 0.454 e. The van der Waals surface area contributed by atoms with Gasteiger partial charge in [0.2, 0.25) is 6.79 Å². The number of rotatable bonds is 5. The smallest absolute Gasteiger partial charge is 0.341 e. The summed E-state index contributed by atoms with van der Waals surface area (Å²) in [6.45, 7) is 2.82. The number of aromatic nitrogens is 4. The van der Waals surface area contributed by atoms with Gasteiger partial charge in [-0.3, -0.25) is 4.79 Å². The summed E-state index contributed by atoms with van der Waals surface area (Å²) >= 11 is 0. The third-order valence-electron chi connectivity index (χ3n) is 5.99. The van der Waals surface area contributed by atoms with E-state index >= 15 is 0 Å². The number of hydrogen-bond donors (Lipinski definition) is 1. The summed E-state index contributed by atoms with van der Waals surface area (Å²) in [6.07, 6.45) is -0.636. The van der Waals surface area contributed by atoms with Crippen LogP contribution in [0.2, 0.25) is 0 Å². The van der Waals surface area contributed by atoms with Crippen molar-refractivity contribution in [3.8, 4) is 23.3 Å². The second kappa shape index (κ2) is 8.01. The van der Waals surface area contributed by atoms with Crippen LogP contribution in [0, 0.1) is 6.92 Å². The number of nitrogens with zero attached hydrogens (tertiary/aromatic N) is 4. The molecular weight excluding hydrogens is 430 g/mol. The van der Waals surface area contributed by atoms with E-state index in [0.717, 1.165) is 5.56 Å². The molecule has 1 aromatic heterocycles. The van der Waals surface area contributed by atoms with Crippen molar-refractivity contribution in [1.29, 1.82) is 0 Å². The first-order chi connectivity index (χ1) is 16.2. The van der Waals surface area contributed by atoms with Gasteiger partial charge in [0.25, 0.3) is 5.91 Å². The lowest BCUT2D eigenvalue weighted by atomic mass is 10.1. The van der Waals surface area contributed by atoms with E-state index in [2.05, 4.69) is 20.8 Å². The molecule has 2 saturated heterocycles. The molecule has 0 aliphatic carbocycles. The SMILES string of the molecule is Cc1ccc(C(=O)NC2COC3C2OCC3n2nnnc2Oc2ccc3c(c2)OCO3)cc1.